The van der Waals surface area contributed by atoms with Gasteiger partial charge in [-0.15, -0.1) is 0 Å². The maximum atomic E-state index is 2.64. The van der Waals surface area contributed by atoms with Gasteiger partial charge in [0.1, 0.15) is 0 Å². The number of hydrogen-bond donors (Lipinski definition) is 0. The fourth-order valence-corrected chi connectivity index (χ4v) is 3.05. The summed E-state index contributed by atoms with van der Waals surface area (Å²) in [6.45, 7) is 10.9. The minimum atomic E-state index is 0.865. The largest absolute Gasteiger partial charge is 0.371 e. The molecule has 0 spiro atoms. The fraction of sp³-hybridized carbons (Fsp3) is 0.625. The Morgan fingerprint density at radius 2 is 1.63 bits per heavy atom. The fourth-order valence-electron chi connectivity index (χ4n) is 3.05. The molecule has 2 fully saturated rings. The first-order chi connectivity index (χ1) is 9.20. The topological polar surface area (TPSA) is 9.72 Å². The maximum absolute atomic E-state index is 2.64. The lowest BCUT2D eigenvalue weighted by molar-refractivity contribution is 0.128. The van der Waals surface area contributed by atoms with Crippen molar-refractivity contribution >= 4 is 5.69 Å². The molecule has 0 unspecified atom stereocenters. The van der Waals surface area contributed by atoms with Gasteiger partial charge >= 0.3 is 0 Å². The molecule has 0 aromatic heterocycles. The van der Waals surface area contributed by atoms with Crippen molar-refractivity contribution in [3.63, 3.8) is 0 Å². The molecule has 2 heterocycles. The highest BCUT2D eigenvalue weighted by Gasteiger charge is 2.29. The number of rotatable bonds is 3. The third-order valence-electron chi connectivity index (χ3n) is 4.47. The van der Waals surface area contributed by atoms with E-state index in [0.717, 1.165) is 5.92 Å². The molecule has 3 heteroatoms. The van der Waals surface area contributed by atoms with Gasteiger partial charge < -0.3 is 14.7 Å². The number of hydrogen-bond acceptors (Lipinski definition) is 3. The predicted molar refractivity (Wildman–Crippen MR) is 80.8 cm³/mol. The van der Waals surface area contributed by atoms with Crippen LogP contribution in [0.15, 0.2) is 24.3 Å². The molecule has 104 valence electrons. The number of nitrogens with zero attached hydrogens (tertiary/aromatic N) is 3. The van der Waals surface area contributed by atoms with Crippen molar-refractivity contribution in [1.82, 2.24) is 9.80 Å². The summed E-state index contributed by atoms with van der Waals surface area (Å²) in [5, 5.41) is 0. The average molecular weight is 259 g/mol. The van der Waals surface area contributed by atoms with Crippen molar-refractivity contribution in [3.8, 4) is 0 Å². The summed E-state index contributed by atoms with van der Waals surface area (Å²) in [6, 6.07) is 8.93. The van der Waals surface area contributed by atoms with Gasteiger partial charge in [-0.2, -0.15) is 0 Å². The summed E-state index contributed by atoms with van der Waals surface area (Å²) in [4.78, 5) is 7.56. The van der Waals surface area contributed by atoms with E-state index in [4.69, 9.17) is 0 Å². The van der Waals surface area contributed by atoms with Gasteiger partial charge in [0.05, 0.1) is 0 Å². The van der Waals surface area contributed by atoms with Gasteiger partial charge in [-0.3, -0.25) is 0 Å². The molecule has 1 aromatic rings. The van der Waals surface area contributed by atoms with Crippen molar-refractivity contribution in [2.24, 2.45) is 5.92 Å². The first-order valence-electron chi connectivity index (χ1n) is 7.43. The van der Waals surface area contributed by atoms with Crippen LogP contribution in [0.1, 0.15) is 5.56 Å². The summed E-state index contributed by atoms with van der Waals surface area (Å²) >= 11 is 0. The molecule has 0 aliphatic carbocycles. The second-order valence-corrected chi connectivity index (χ2v) is 6.21. The van der Waals surface area contributed by atoms with Crippen LogP contribution in [0.4, 0.5) is 5.69 Å². The number of aryl methyl sites for hydroxylation is 1. The van der Waals surface area contributed by atoms with Crippen LogP contribution in [0, 0.1) is 12.8 Å². The molecule has 2 saturated heterocycles. The summed E-state index contributed by atoms with van der Waals surface area (Å²) in [6.07, 6.45) is 0. The quantitative estimate of drug-likeness (QED) is 0.818. The zero-order valence-electron chi connectivity index (χ0n) is 12.2. The third-order valence-corrected chi connectivity index (χ3v) is 4.47. The number of likely N-dealkylation sites (N-methyl/N-ethyl adjacent to an activating group) is 1. The highest BCUT2D eigenvalue weighted by Crippen LogP contribution is 2.25. The van der Waals surface area contributed by atoms with Gasteiger partial charge in [-0.1, -0.05) is 17.7 Å². The van der Waals surface area contributed by atoms with Crippen molar-refractivity contribution in [1.29, 1.82) is 0 Å². The zero-order valence-corrected chi connectivity index (χ0v) is 12.2. The van der Waals surface area contributed by atoms with Crippen LogP contribution in [0.25, 0.3) is 0 Å². The van der Waals surface area contributed by atoms with Crippen molar-refractivity contribution in [2.75, 3.05) is 57.8 Å². The van der Waals surface area contributed by atoms with Crippen LogP contribution in [0.2, 0.25) is 0 Å². The lowest BCUT2D eigenvalue weighted by Gasteiger charge is -2.44. The van der Waals surface area contributed by atoms with Gasteiger partial charge in [0.25, 0.3) is 0 Å². The molecule has 3 rings (SSSR count). The molecule has 0 N–H and O–H groups in total. The predicted octanol–water partition coefficient (Wildman–Crippen LogP) is 1.68. The van der Waals surface area contributed by atoms with Gasteiger partial charge in [-0.25, -0.2) is 0 Å². The van der Waals surface area contributed by atoms with Gasteiger partial charge in [-0.05, 0) is 26.1 Å². The SMILES string of the molecule is Cc1ccc(N2CC(CN3CCN(C)CC3)C2)cc1. The number of piperazine rings is 1. The molecule has 2 aliphatic heterocycles. The van der Waals surface area contributed by atoms with E-state index >= 15 is 0 Å². The molecule has 0 radical (unpaired) electrons. The number of benzene rings is 1. The summed E-state index contributed by atoms with van der Waals surface area (Å²) in [5.41, 5.74) is 2.73. The molecular formula is C16H25N3. The molecule has 2 aliphatic rings. The molecule has 0 atom stereocenters. The maximum Gasteiger partial charge on any atom is 0.0366 e. The smallest absolute Gasteiger partial charge is 0.0366 e. The molecule has 19 heavy (non-hydrogen) atoms. The molecule has 0 amide bonds. The molecular weight excluding hydrogens is 234 g/mol. The summed E-state index contributed by atoms with van der Waals surface area (Å²) in [5.74, 6) is 0.865. The Morgan fingerprint density at radius 1 is 1.00 bits per heavy atom. The van der Waals surface area contributed by atoms with Gasteiger partial charge in [0.15, 0.2) is 0 Å². The molecule has 0 saturated carbocycles. The van der Waals surface area contributed by atoms with Crippen molar-refractivity contribution < 1.29 is 0 Å². The highest BCUT2D eigenvalue weighted by atomic mass is 15.3. The lowest BCUT2D eigenvalue weighted by Crippen LogP contribution is -2.54. The monoisotopic (exact) mass is 259 g/mol. The Bertz CT molecular complexity index is 401. The van der Waals surface area contributed by atoms with Gasteiger partial charge in [0, 0.05) is 57.4 Å². The highest BCUT2D eigenvalue weighted by molar-refractivity contribution is 5.49. The van der Waals surface area contributed by atoms with Crippen LogP contribution in [-0.4, -0.2) is 62.7 Å². The number of anilines is 1. The van der Waals surface area contributed by atoms with Crippen LogP contribution < -0.4 is 4.90 Å². The van der Waals surface area contributed by atoms with E-state index in [1.165, 1.54) is 57.1 Å². The van der Waals surface area contributed by atoms with Crippen molar-refractivity contribution in [3.05, 3.63) is 29.8 Å². The molecule has 3 nitrogen and oxygen atoms in total. The van der Waals surface area contributed by atoms with Crippen LogP contribution in [0.3, 0.4) is 0 Å². The van der Waals surface area contributed by atoms with E-state index in [0.29, 0.717) is 0 Å². The standard InChI is InChI=1S/C16H25N3/c1-14-3-5-16(6-4-14)19-12-15(13-19)11-18-9-7-17(2)8-10-18/h3-6,15H,7-13H2,1-2H3. The Labute approximate surface area is 116 Å². The third kappa shape index (κ3) is 3.10. The van der Waals surface area contributed by atoms with E-state index in [1.54, 1.807) is 0 Å². The average Bonchev–Trinajstić information content (AvgIpc) is 2.37. The first kappa shape index (κ1) is 12.9. The lowest BCUT2D eigenvalue weighted by atomic mass is 9.98. The molecule has 1 aromatic carbocycles. The summed E-state index contributed by atoms with van der Waals surface area (Å²) in [7, 11) is 2.22. The summed E-state index contributed by atoms with van der Waals surface area (Å²) < 4.78 is 0. The van der Waals surface area contributed by atoms with Gasteiger partial charge in [0.2, 0.25) is 0 Å². The van der Waals surface area contributed by atoms with E-state index < -0.39 is 0 Å². The van der Waals surface area contributed by atoms with E-state index in [-0.39, 0.29) is 0 Å². The van der Waals surface area contributed by atoms with E-state index in [9.17, 15) is 0 Å². The van der Waals surface area contributed by atoms with Crippen LogP contribution in [0.5, 0.6) is 0 Å². The Morgan fingerprint density at radius 3 is 2.26 bits per heavy atom. The second kappa shape index (κ2) is 5.51. The Hall–Kier alpha value is -1.06. The minimum absolute atomic E-state index is 0.865. The van der Waals surface area contributed by atoms with Crippen molar-refractivity contribution in [2.45, 2.75) is 6.92 Å². The van der Waals surface area contributed by atoms with Crippen LogP contribution in [-0.2, 0) is 0 Å². The van der Waals surface area contributed by atoms with Crippen LogP contribution >= 0.6 is 0 Å². The van der Waals surface area contributed by atoms with E-state index in [1.807, 2.05) is 0 Å². The zero-order chi connectivity index (χ0) is 13.2. The first-order valence-corrected chi connectivity index (χ1v) is 7.43. The Kier molecular flexibility index (Phi) is 3.76. The molecule has 0 bridgehead atoms. The normalized spacial score (nSPS) is 22.5. The van der Waals surface area contributed by atoms with E-state index in [2.05, 4.69) is 52.9 Å². The minimum Gasteiger partial charge on any atom is -0.371 e. The Balaban J connectivity index is 1.44. The second-order valence-electron chi connectivity index (χ2n) is 6.21.